The Bertz CT molecular complexity index is 688. The first-order valence-corrected chi connectivity index (χ1v) is 6.22. The first-order chi connectivity index (χ1) is 9.47. The smallest absolute Gasteiger partial charge is 0.274 e. The molecule has 0 fully saturated rings. The second-order valence-electron chi connectivity index (χ2n) is 4.18. The van der Waals surface area contributed by atoms with Crippen LogP contribution in [0.3, 0.4) is 0 Å². The Balaban J connectivity index is 2.24. The maximum absolute atomic E-state index is 13.4. The molecule has 1 amide bonds. The van der Waals surface area contributed by atoms with Gasteiger partial charge in [-0.05, 0) is 37.3 Å². The topological polar surface area (TPSA) is 68.0 Å². The number of halogens is 1. The number of nitrogens with one attached hydrogen (secondary N) is 1. The van der Waals surface area contributed by atoms with Crippen LogP contribution in [0.15, 0.2) is 36.4 Å². The molecular weight excluding hydrogens is 277 g/mol. The number of carbonyl (C=O) groups is 1. The predicted octanol–water partition coefficient (Wildman–Crippen LogP) is 2.42. The first-order valence-electron chi connectivity index (χ1n) is 5.82. The van der Waals surface area contributed by atoms with E-state index in [2.05, 4.69) is 10.3 Å². The molecule has 20 heavy (non-hydrogen) atoms. The monoisotopic (exact) mass is 289 g/mol. The molecule has 0 saturated heterocycles. The van der Waals surface area contributed by atoms with Gasteiger partial charge in [-0.3, -0.25) is 4.79 Å². The maximum Gasteiger partial charge on any atom is 0.274 e. The summed E-state index contributed by atoms with van der Waals surface area (Å²) in [5, 5.41) is 2.62. The van der Waals surface area contributed by atoms with E-state index < -0.39 is 5.82 Å². The molecule has 0 unspecified atom stereocenters. The van der Waals surface area contributed by atoms with E-state index >= 15 is 0 Å². The molecule has 2 rings (SSSR count). The molecular formula is C14H12FN3OS. The lowest BCUT2D eigenvalue weighted by molar-refractivity contribution is 0.102. The van der Waals surface area contributed by atoms with Gasteiger partial charge in [-0.1, -0.05) is 18.3 Å². The second-order valence-corrected chi connectivity index (χ2v) is 4.62. The number of nitrogens with zero attached hydrogens (tertiary/aromatic N) is 1. The number of aryl methyl sites for hydroxylation is 1. The Kier molecular flexibility index (Phi) is 4.05. The minimum Gasteiger partial charge on any atom is -0.389 e. The summed E-state index contributed by atoms with van der Waals surface area (Å²) in [6.07, 6.45) is 0. The molecule has 4 nitrogen and oxygen atoms in total. The van der Waals surface area contributed by atoms with Crippen LogP contribution < -0.4 is 11.1 Å². The summed E-state index contributed by atoms with van der Waals surface area (Å²) in [6, 6.07) is 9.16. The Morgan fingerprint density at radius 1 is 1.35 bits per heavy atom. The van der Waals surface area contributed by atoms with Crippen LogP contribution in [0.5, 0.6) is 0 Å². The van der Waals surface area contributed by atoms with Gasteiger partial charge in [0.25, 0.3) is 5.91 Å². The van der Waals surface area contributed by atoms with Gasteiger partial charge >= 0.3 is 0 Å². The lowest BCUT2D eigenvalue weighted by Gasteiger charge is -2.07. The summed E-state index contributed by atoms with van der Waals surface area (Å²) in [5.41, 5.74) is 6.93. The summed E-state index contributed by atoms with van der Waals surface area (Å²) in [6.45, 7) is 1.79. The molecule has 1 aromatic heterocycles. The number of benzene rings is 1. The zero-order valence-corrected chi connectivity index (χ0v) is 11.5. The highest BCUT2D eigenvalue weighted by Crippen LogP contribution is 2.15. The Hall–Kier alpha value is -2.34. The molecule has 0 aliphatic rings. The summed E-state index contributed by atoms with van der Waals surface area (Å²) in [7, 11) is 0. The highest BCUT2D eigenvalue weighted by atomic mass is 32.1. The lowest BCUT2D eigenvalue weighted by atomic mass is 10.2. The van der Waals surface area contributed by atoms with E-state index in [1.54, 1.807) is 25.1 Å². The fourth-order valence-corrected chi connectivity index (χ4v) is 1.81. The Labute approximate surface area is 120 Å². The normalized spacial score (nSPS) is 10.1. The van der Waals surface area contributed by atoms with E-state index in [0.29, 0.717) is 5.69 Å². The van der Waals surface area contributed by atoms with Gasteiger partial charge in [0.15, 0.2) is 0 Å². The van der Waals surface area contributed by atoms with E-state index in [-0.39, 0.29) is 22.2 Å². The number of thiocarbonyl (C=S) groups is 1. The van der Waals surface area contributed by atoms with Crippen molar-refractivity contribution in [3.63, 3.8) is 0 Å². The van der Waals surface area contributed by atoms with E-state index in [0.717, 1.165) is 5.69 Å². The molecule has 1 aromatic carbocycles. The third-order valence-corrected chi connectivity index (χ3v) is 2.83. The summed E-state index contributed by atoms with van der Waals surface area (Å²) >= 11 is 4.75. The minimum atomic E-state index is -0.524. The van der Waals surface area contributed by atoms with Crippen molar-refractivity contribution in [2.75, 3.05) is 5.32 Å². The SMILES string of the molecule is Cc1cccc(C(=O)Nc2ccc(F)c(C(N)=S)c2)n1. The minimum absolute atomic E-state index is 0.0627. The first kappa shape index (κ1) is 14.1. The predicted molar refractivity (Wildman–Crippen MR) is 79.2 cm³/mol. The Morgan fingerprint density at radius 3 is 2.75 bits per heavy atom. The number of hydrogen-bond donors (Lipinski definition) is 2. The molecule has 0 bridgehead atoms. The van der Waals surface area contributed by atoms with Crippen LogP contribution in [0.25, 0.3) is 0 Å². The highest BCUT2D eigenvalue weighted by Gasteiger charge is 2.10. The van der Waals surface area contributed by atoms with Crippen molar-refractivity contribution in [1.29, 1.82) is 0 Å². The number of amides is 1. The fourth-order valence-electron chi connectivity index (χ4n) is 1.66. The van der Waals surface area contributed by atoms with Crippen molar-refractivity contribution in [3.8, 4) is 0 Å². The van der Waals surface area contributed by atoms with Gasteiger partial charge in [-0.15, -0.1) is 0 Å². The molecule has 0 radical (unpaired) electrons. The molecule has 0 spiro atoms. The van der Waals surface area contributed by atoms with Crippen molar-refractivity contribution in [2.24, 2.45) is 5.73 Å². The van der Waals surface area contributed by atoms with Gasteiger partial charge in [-0.2, -0.15) is 0 Å². The molecule has 0 aliphatic carbocycles. The van der Waals surface area contributed by atoms with Crippen molar-refractivity contribution in [3.05, 3.63) is 59.2 Å². The fraction of sp³-hybridized carbons (Fsp3) is 0.0714. The standard InChI is InChI=1S/C14H12FN3OS/c1-8-3-2-4-12(17-8)14(19)18-9-5-6-11(15)10(7-9)13(16)20/h2-7H,1H3,(H2,16,20)(H,18,19). The average Bonchev–Trinajstić information content (AvgIpc) is 2.40. The van der Waals surface area contributed by atoms with Gasteiger partial charge in [0.2, 0.25) is 0 Å². The van der Waals surface area contributed by atoms with E-state index in [1.807, 2.05) is 0 Å². The van der Waals surface area contributed by atoms with Crippen molar-refractivity contribution in [2.45, 2.75) is 6.92 Å². The van der Waals surface area contributed by atoms with Gasteiger partial charge < -0.3 is 11.1 Å². The van der Waals surface area contributed by atoms with Crippen molar-refractivity contribution >= 4 is 28.8 Å². The third-order valence-electron chi connectivity index (χ3n) is 2.61. The summed E-state index contributed by atoms with van der Waals surface area (Å²) in [4.78, 5) is 16.0. The molecule has 102 valence electrons. The van der Waals surface area contributed by atoms with Gasteiger partial charge in [0.1, 0.15) is 16.5 Å². The molecule has 2 aromatic rings. The van der Waals surface area contributed by atoms with E-state index in [1.165, 1.54) is 18.2 Å². The van der Waals surface area contributed by atoms with Gasteiger partial charge in [0, 0.05) is 16.9 Å². The number of aromatic nitrogens is 1. The zero-order valence-electron chi connectivity index (χ0n) is 10.7. The molecule has 1 heterocycles. The zero-order chi connectivity index (χ0) is 14.7. The van der Waals surface area contributed by atoms with Crippen molar-refractivity contribution < 1.29 is 9.18 Å². The summed E-state index contributed by atoms with van der Waals surface area (Å²) in [5.74, 6) is -0.904. The Morgan fingerprint density at radius 2 is 2.10 bits per heavy atom. The van der Waals surface area contributed by atoms with Crippen LogP contribution in [0.2, 0.25) is 0 Å². The van der Waals surface area contributed by atoms with E-state index in [9.17, 15) is 9.18 Å². The van der Waals surface area contributed by atoms with Crippen LogP contribution in [-0.4, -0.2) is 15.9 Å². The van der Waals surface area contributed by atoms with Crippen LogP contribution in [-0.2, 0) is 0 Å². The van der Waals surface area contributed by atoms with Crippen LogP contribution in [0.1, 0.15) is 21.7 Å². The number of pyridine rings is 1. The highest BCUT2D eigenvalue weighted by molar-refractivity contribution is 7.80. The number of hydrogen-bond acceptors (Lipinski definition) is 3. The lowest BCUT2D eigenvalue weighted by Crippen LogP contribution is -2.16. The second kappa shape index (κ2) is 5.75. The van der Waals surface area contributed by atoms with E-state index in [4.69, 9.17) is 18.0 Å². The van der Waals surface area contributed by atoms with Crippen LogP contribution in [0, 0.1) is 12.7 Å². The van der Waals surface area contributed by atoms with Crippen molar-refractivity contribution in [1.82, 2.24) is 4.98 Å². The number of nitrogens with two attached hydrogens (primary N) is 1. The summed E-state index contributed by atoms with van der Waals surface area (Å²) < 4.78 is 13.4. The quantitative estimate of drug-likeness (QED) is 0.852. The number of anilines is 1. The number of carbonyl (C=O) groups excluding carboxylic acids is 1. The van der Waals surface area contributed by atoms with Gasteiger partial charge in [0.05, 0.1) is 0 Å². The van der Waals surface area contributed by atoms with Crippen LogP contribution in [0.4, 0.5) is 10.1 Å². The third kappa shape index (κ3) is 3.16. The molecule has 0 aliphatic heterocycles. The average molecular weight is 289 g/mol. The molecule has 6 heteroatoms. The largest absolute Gasteiger partial charge is 0.389 e. The molecule has 3 N–H and O–H groups in total. The molecule has 0 atom stereocenters. The number of rotatable bonds is 3. The molecule has 0 saturated carbocycles. The maximum atomic E-state index is 13.4. The van der Waals surface area contributed by atoms with Gasteiger partial charge in [-0.25, -0.2) is 9.37 Å². The van der Waals surface area contributed by atoms with Crippen LogP contribution >= 0.6 is 12.2 Å².